The Kier molecular flexibility index (Phi) is 3.82. The summed E-state index contributed by atoms with van der Waals surface area (Å²) < 4.78 is 0. The molecule has 18 heavy (non-hydrogen) atoms. The smallest absolute Gasteiger partial charge is 0.138 e. The Morgan fingerprint density at radius 2 is 2.06 bits per heavy atom. The summed E-state index contributed by atoms with van der Waals surface area (Å²) in [7, 11) is 4.15. The van der Waals surface area contributed by atoms with Crippen LogP contribution in [0.2, 0.25) is 0 Å². The number of aromatic nitrogens is 2. The van der Waals surface area contributed by atoms with E-state index in [9.17, 15) is 0 Å². The molecule has 5 heteroatoms. The number of nitrogens with zero attached hydrogens (tertiary/aromatic N) is 3. The van der Waals surface area contributed by atoms with E-state index in [-0.39, 0.29) is 0 Å². The number of fused-ring (bicyclic) bond motifs is 1. The van der Waals surface area contributed by atoms with Gasteiger partial charge in [-0.25, -0.2) is 9.97 Å². The Morgan fingerprint density at radius 1 is 1.33 bits per heavy atom. The first-order valence-corrected chi connectivity index (χ1v) is 6.92. The fourth-order valence-electron chi connectivity index (χ4n) is 2.12. The minimum Gasteiger partial charge on any atom is -0.366 e. The van der Waals surface area contributed by atoms with E-state index in [1.165, 1.54) is 15.8 Å². The van der Waals surface area contributed by atoms with Crippen LogP contribution in [0.3, 0.4) is 0 Å². The first-order chi connectivity index (χ1) is 8.49. The van der Waals surface area contributed by atoms with Gasteiger partial charge in [-0.05, 0) is 40.4 Å². The molecule has 1 atom stereocenters. The number of hydrogen-bond acceptors (Lipinski definition) is 5. The molecule has 4 nitrogen and oxygen atoms in total. The van der Waals surface area contributed by atoms with Gasteiger partial charge in [0, 0.05) is 17.5 Å². The van der Waals surface area contributed by atoms with Gasteiger partial charge in [0.05, 0.1) is 5.39 Å². The molecule has 0 saturated heterocycles. The fourth-order valence-corrected chi connectivity index (χ4v) is 3.12. The zero-order chi connectivity index (χ0) is 13.3. The highest BCUT2D eigenvalue weighted by molar-refractivity contribution is 7.18. The van der Waals surface area contributed by atoms with Crippen LogP contribution in [-0.4, -0.2) is 41.5 Å². The number of rotatable bonds is 4. The number of likely N-dealkylation sites (N-methyl/N-ethyl adjacent to an activating group) is 1. The number of nitrogens with one attached hydrogen (secondary N) is 1. The second-order valence-electron chi connectivity index (χ2n) is 4.99. The molecule has 0 aliphatic rings. The Labute approximate surface area is 112 Å². The van der Waals surface area contributed by atoms with Crippen molar-refractivity contribution in [1.29, 1.82) is 0 Å². The summed E-state index contributed by atoms with van der Waals surface area (Å²) in [5.74, 6) is 0.955. The maximum Gasteiger partial charge on any atom is 0.138 e. The van der Waals surface area contributed by atoms with E-state index >= 15 is 0 Å². The summed E-state index contributed by atoms with van der Waals surface area (Å²) in [6.45, 7) is 7.42. The molecule has 0 bridgehead atoms. The predicted octanol–water partition coefficient (Wildman–Crippen LogP) is 2.67. The van der Waals surface area contributed by atoms with E-state index < -0.39 is 0 Å². The molecule has 98 valence electrons. The lowest BCUT2D eigenvalue weighted by atomic mass is 10.2. The molecule has 0 amide bonds. The SMILES string of the molecule is Cc1sc2ncnc(NC(C)CN(C)C)c2c1C. The van der Waals surface area contributed by atoms with Crippen LogP contribution in [0.15, 0.2) is 6.33 Å². The Bertz CT molecular complexity index is 547. The molecular formula is C13H20N4S. The average Bonchev–Trinajstić information content (AvgIpc) is 2.54. The van der Waals surface area contributed by atoms with E-state index in [0.717, 1.165) is 17.2 Å². The second kappa shape index (κ2) is 5.20. The van der Waals surface area contributed by atoms with Gasteiger partial charge in [-0.1, -0.05) is 0 Å². The van der Waals surface area contributed by atoms with Crippen LogP contribution in [0.25, 0.3) is 10.2 Å². The first-order valence-electron chi connectivity index (χ1n) is 6.11. The van der Waals surface area contributed by atoms with Gasteiger partial charge in [0.25, 0.3) is 0 Å². The van der Waals surface area contributed by atoms with E-state index in [2.05, 4.69) is 55.1 Å². The maximum atomic E-state index is 4.39. The van der Waals surface area contributed by atoms with E-state index in [1.54, 1.807) is 17.7 Å². The van der Waals surface area contributed by atoms with Crippen molar-refractivity contribution in [3.05, 3.63) is 16.8 Å². The van der Waals surface area contributed by atoms with Crippen molar-refractivity contribution in [2.75, 3.05) is 26.0 Å². The van der Waals surface area contributed by atoms with Crippen molar-refractivity contribution in [1.82, 2.24) is 14.9 Å². The van der Waals surface area contributed by atoms with Crippen molar-refractivity contribution in [3.63, 3.8) is 0 Å². The molecule has 0 aliphatic heterocycles. The minimum absolute atomic E-state index is 0.359. The largest absolute Gasteiger partial charge is 0.366 e. The van der Waals surface area contributed by atoms with Gasteiger partial charge in [-0.2, -0.15) is 0 Å². The predicted molar refractivity (Wildman–Crippen MR) is 78.5 cm³/mol. The van der Waals surface area contributed by atoms with Gasteiger partial charge < -0.3 is 10.2 Å². The molecule has 2 aromatic heterocycles. The van der Waals surface area contributed by atoms with Crippen LogP contribution >= 0.6 is 11.3 Å². The van der Waals surface area contributed by atoms with Gasteiger partial charge >= 0.3 is 0 Å². The van der Waals surface area contributed by atoms with Gasteiger partial charge in [-0.15, -0.1) is 11.3 Å². The molecule has 1 unspecified atom stereocenters. The van der Waals surface area contributed by atoms with E-state index in [1.807, 2.05) is 0 Å². The third-order valence-electron chi connectivity index (χ3n) is 2.99. The third-order valence-corrected chi connectivity index (χ3v) is 4.10. The molecule has 0 saturated carbocycles. The second-order valence-corrected chi connectivity index (χ2v) is 6.20. The van der Waals surface area contributed by atoms with Crippen molar-refractivity contribution in [2.45, 2.75) is 26.8 Å². The fraction of sp³-hybridized carbons (Fsp3) is 0.538. The van der Waals surface area contributed by atoms with Crippen molar-refractivity contribution in [2.24, 2.45) is 0 Å². The molecule has 2 heterocycles. The molecule has 0 aromatic carbocycles. The Hall–Kier alpha value is -1.20. The molecule has 0 aliphatic carbocycles. The normalized spacial score (nSPS) is 13.2. The average molecular weight is 264 g/mol. The highest BCUT2D eigenvalue weighted by Gasteiger charge is 2.13. The van der Waals surface area contributed by atoms with E-state index in [0.29, 0.717) is 6.04 Å². The highest BCUT2D eigenvalue weighted by atomic mass is 32.1. The first kappa shape index (κ1) is 13.2. The zero-order valence-electron chi connectivity index (χ0n) is 11.6. The van der Waals surface area contributed by atoms with Crippen molar-refractivity contribution >= 4 is 27.4 Å². The Morgan fingerprint density at radius 3 is 2.72 bits per heavy atom. The van der Waals surface area contributed by atoms with Gasteiger partial charge in [0.1, 0.15) is 17.0 Å². The van der Waals surface area contributed by atoms with Crippen LogP contribution in [0.1, 0.15) is 17.4 Å². The van der Waals surface area contributed by atoms with Gasteiger partial charge in [-0.3, -0.25) is 0 Å². The summed E-state index contributed by atoms with van der Waals surface area (Å²) in [6.07, 6.45) is 1.64. The van der Waals surface area contributed by atoms with Crippen molar-refractivity contribution in [3.8, 4) is 0 Å². The molecule has 0 radical (unpaired) electrons. The van der Waals surface area contributed by atoms with Crippen molar-refractivity contribution < 1.29 is 0 Å². The maximum absolute atomic E-state index is 4.39. The van der Waals surface area contributed by atoms with Crippen LogP contribution in [0, 0.1) is 13.8 Å². The lowest BCUT2D eigenvalue weighted by Gasteiger charge is -2.19. The van der Waals surface area contributed by atoms with Crippen LogP contribution in [-0.2, 0) is 0 Å². The highest BCUT2D eigenvalue weighted by Crippen LogP contribution is 2.32. The monoisotopic (exact) mass is 264 g/mol. The van der Waals surface area contributed by atoms with Crippen LogP contribution in [0.4, 0.5) is 5.82 Å². The van der Waals surface area contributed by atoms with Crippen LogP contribution in [0.5, 0.6) is 0 Å². The summed E-state index contributed by atoms with van der Waals surface area (Å²) in [5.41, 5.74) is 1.29. The standard InChI is InChI=1S/C13H20N4S/c1-8(6-17(4)5)16-12-11-9(2)10(3)18-13(11)15-7-14-12/h7-8H,6H2,1-5H3,(H,14,15,16). The molecule has 0 fully saturated rings. The summed E-state index contributed by atoms with van der Waals surface area (Å²) in [6, 6.07) is 0.359. The lowest BCUT2D eigenvalue weighted by Crippen LogP contribution is -2.30. The number of hydrogen-bond donors (Lipinski definition) is 1. The minimum atomic E-state index is 0.359. The zero-order valence-corrected chi connectivity index (χ0v) is 12.4. The van der Waals surface area contributed by atoms with Crippen LogP contribution < -0.4 is 5.32 Å². The molecule has 2 aromatic rings. The van der Waals surface area contributed by atoms with Gasteiger partial charge in [0.15, 0.2) is 0 Å². The topological polar surface area (TPSA) is 41.1 Å². The molecule has 0 spiro atoms. The van der Waals surface area contributed by atoms with E-state index in [4.69, 9.17) is 0 Å². The summed E-state index contributed by atoms with van der Waals surface area (Å²) in [4.78, 5) is 13.3. The Balaban J connectivity index is 2.33. The summed E-state index contributed by atoms with van der Waals surface area (Å²) in [5, 5.41) is 4.66. The van der Waals surface area contributed by atoms with Gasteiger partial charge in [0.2, 0.25) is 0 Å². The number of anilines is 1. The third kappa shape index (κ3) is 2.62. The number of thiophene rings is 1. The summed E-state index contributed by atoms with van der Waals surface area (Å²) >= 11 is 1.73. The quantitative estimate of drug-likeness (QED) is 0.922. The molecule has 1 N–H and O–H groups in total. The molecular weight excluding hydrogens is 244 g/mol. The number of aryl methyl sites for hydroxylation is 2. The molecule has 2 rings (SSSR count). The lowest BCUT2D eigenvalue weighted by molar-refractivity contribution is 0.392.